The van der Waals surface area contributed by atoms with E-state index in [0.717, 1.165) is 10.6 Å². The fraction of sp³-hybridized carbons (Fsp3) is 1.00. The first-order chi connectivity index (χ1) is 6.02. The molecule has 1 heterocycles. The van der Waals surface area contributed by atoms with Crippen LogP contribution in [0.15, 0.2) is 0 Å². The molecule has 6 nitrogen and oxygen atoms in total. The van der Waals surface area contributed by atoms with Gasteiger partial charge in [-0.05, 0) is 6.92 Å². The number of aliphatic hydroxyl groups is 1. The van der Waals surface area contributed by atoms with Crippen molar-refractivity contribution in [1.29, 1.82) is 0 Å². The van der Waals surface area contributed by atoms with Crippen LogP contribution in [0.4, 0.5) is 0 Å². The standard InChI is InChI=1S/C6H13NO5S2/c1-6(8)3-7(4-6)14(11,12)5-13(2,9)10/h8H,3-5H2,1-2H3. The first-order valence-corrected chi connectivity index (χ1v) is 7.57. The maximum Gasteiger partial charge on any atom is 0.228 e. The fourth-order valence-electron chi connectivity index (χ4n) is 1.26. The summed E-state index contributed by atoms with van der Waals surface area (Å²) in [5, 5.41) is 8.40. The van der Waals surface area contributed by atoms with E-state index in [1.165, 1.54) is 6.92 Å². The number of β-amino-alcohol motifs (C(OH)–C–C–N with tert-alkyl or cyclic N) is 1. The molecule has 0 spiro atoms. The third-order valence-corrected chi connectivity index (χ3v) is 5.74. The second-order valence-corrected chi connectivity index (χ2v) is 8.40. The van der Waals surface area contributed by atoms with Crippen LogP contribution in [0.1, 0.15) is 6.92 Å². The van der Waals surface area contributed by atoms with Gasteiger partial charge < -0.3 is 5.11 Å². The average molecular weight is 243 g/mol. The molecule has 0 amide bonds. The molecule has 1 N–H and O–H groups in total. The normalized spacial score (nSPS) is 23.1. The Kier molecular flexibility index (Phi) is 2.68. The number of nitrogens with zero attached hydrogens (tertiary/aromatic N) is 1. The third kappa shape index (κ3) is 2.91. The quantitative estimate of drug-likeness (QED) is 0.643. The van der Waals surface area contributed by atoms with Gasteiger partial charge in [0.15, 0.2) is 14.9 Å². The number of hydrogen-bond acceptors (Lipinski definition) is 5. The lowest BCUT2D eigenvalue weighted by atomic mass is 10.0. The molecule has 0 atom stereocenters. The Morgan fingerprint density at radius 3 is 2.00 bits per heavy atom. The zero-order valence-corrected chi connectivity index (χ0v) is 9.60. The monoisotopic (exact) mass is 243 g/mol. The molecular formula is C6H13NO5S2. The molecule has 1 rings (SSSR count). The molecule has 0 saturated carbocycles. The van der Waals surface area contributed by atoms with Crippen LogP contribution in [0.5, 0.6) is 0 Å². The van der Waals surface area contributed by atoms with Crippen LogP contribution in [0.2, 0.25) is 0 Å². The van der Waals surface area contributed by atoms with Gasteiger partial charge in [0, 0.05) is 19.3 Å². The lowest BCUT2D eigenvalue weighted by Crippen LogP contribution is -2.62. The number of sulfone groups is 1. The maximum atomic E-state index is 11.4. The predicted octanol–water partition coefficient (Wildman–Crippen LogP) is -1.62. The predicted molar refractivity (Wildman–Crippen MR) is 50.8 cm³/mol. The summed E-state index contributed by atoms with van der Waals surface area (Å²) >= 11 is 0. The Labute approximate surface area is 83.5 Å². The first kappa shape index (κ1) is 11.9. The van der Waals surface area contributed by atoms with Crippen LogP contribution >= 0.6 is 0 Å². The van der Waals surface area contributed by atoms with Crippen molar-refractivity contribution in [3.8, 4) is 0 Å². The van der Waals surface area contributed by atoms with Gasteiger partial charge in [-0.15, -0.1) is 0 Å². The number of rotatable bonds is 3. The molecule has 1 fully saturated rings. The molecule has 14 heavy (non-hydrogen) atoms. The zero-order chi connectivity index (χ0) is 11.2. The van der Waals surface area contributed by atoms with Crippen molar-refractivity contribution in [3.05, 3.63) is 0 Å². The fourth-order valence-corrected chi connectivity index (χ4v) is 4.97. The van der Waals surface area contributed by atoms with E-state index in [1.807, 2.05) is 0 Å². The van der Waals surface area contributed by atoms with E-state index in [1.54, 1.807) is 0 Å². The van der Waals surface area contributed by atoms with E-state index in [0.29, 0.717) is 0 Å². The van der Waals surface area contributed by atoms with Crippen molar-refractivity contribution in [3.63, 3.8) is 0 Å². The molecule has 0 aromatic carbocycles. The summed E-state index contributed by atoms with van der Waals surface area (Å²) in [7, 11) is -7.32. The highest BCUT2D eigenvalue weighted by molar-refractivity contribution is 8.06. The minimum atomic E-state index is -3.77. The van der Waals surface area contributed by atoms with Gasteiger partial charge in [-0.25, -0.2) is 16.8 Å². The minimum absolute atomic E-state index is 0.0369. The summed E-state index contributed by atoms with van der Waals surface area (Å²) in [5.41, 5.74) is -1.02. The van der Waals surface area contributed by atoms with E-state index < -0.39 is 30.5 Å². The van der Waals surface area contributed by atoms with Gasteiger partial charge >= 0.3 is 0 Å². The minimum Gasteiger partial charge on any atom is -0.387 e. The van der Waals surface area contributed by atoms with Crippen LogP contribution in [0, 0.1) is 0 Å². The van der Waals surface area contributed by atoms with Gasteiger partial charge in [-0.3, -0.25) is 0 Å². The molecule has 0 unspecified atom stereocenters. The maximum absolute atomic E-state index is 11.4. The van der Waals surface area contributed by atoms with Crippen LogP contribution in [-0.2, 0) is 19.9 Å². The topological polar surface area (TPSA) is 91.8 Å². The van der Waals surface area contributed by atoms with Gasteiger partial charge in [0.2, 0.25) is 10.0 Å². The highest BCUT2D eigenvalue weighted by Crippen LogP contribution is 2.23. The first-order valence-electron chi connectivity index (χ1n) is 3.90. The van der Waals surface area contributed by atoms with Crippen molar-refractivity contribution in [2.75, 3.05) is 24.4 Å². The number of hydrogen-bond donors (Lipinski definition) is 1. The van der Waals surface area contributed by atoms with Crippen LogP contribution in [-0.4, -0.2) is 56.3 Å². The Bertz CT molecular complexity index is 413. The molecule has 8 heteroatoms. The van der Waals surface area contributed by atoms with E-state index in [2.05, 4.69) is 0 Å². The Morgan fingerprint density at radius 1 is 1.29 bits per heavy atom. The molecule has 0 radical (unpaired) electrons. The molecule has 0 aromatic rings. The summed E-state index contributed by atoms with van der Waals surface area (Å²) in [6, 6.07) is 0. The van der Waals surface area contributed by atoms with Crippen molar-refractivity contribution < 1.29 is 21.9 Å². The van der Waals surface area contributed by atoms with Gasteiger partial charge in [0.05, 0.1) is 5.60 Å². The lowest BCUT2D eigenvalue weighted by Gasteiger charge is -2.42. The highest BCUT2D eigenvalue weighted by Gasteiger charge is 2.44. The smallest absolute Gasteiger partial charge is 0.228 e. The van der Waals surface area contributed by atoms with Crippen molar-refractivity contribution in [2.24, 2.45) is 0 Å². The molecule has 84 valence electrons. The van der Waals surface area contributed by atoms with Gasteiger partial charge in [0.25, 0.3) is 0 Å². The molecule has 1 aliphatic rings. The van der Waals surface area contributed by atoms with Gasteiger partial charge in [-0.2, -0.15) is 4.31 Å². The molecule has 0 aliphatic carbocycles. The zero-order valence-electron chi connectivity index (χ0n) is 7.97. The number of sulfonamides is 1. The Morgan fingerprint density at radius 2 is 1.71 bits per heavy atom. The Balaban J connectivity index is 2.71. The third-order valence-electron chi connectivity index (χ3n) is 1.79. The second-order valence-electron chi connectivity index (χ2n) is 3.92. The van der Waals surface area contributed by atoms with Gasteiger partial charge in [0.1, 0.15) is 0 Å². The van der Waals surface area contributed by atoms with E-state index in [4.69, 9.17) is 0 Å². The average Bonchev–Trinajstić information content (AvgIpc) is 1.76. The van der Waals surface area contributed by atoms with Crippen LogP contribution in [0.25, 0.3) is 0 Å². The molecule has 1 aliphatic heterocycles. The highest BCUT2D eigenvalue weighted by atomic mass is 32.3. The van der Waals surface area contributed by atoms with Crippen molar-refractivity contribution in [1.82, 2.24) is 4.31 Å². The van der Waals surface area contributed by atoms with Crippen molar-refractivity contribution >= 4 is 19.9 Å². The Hall–Kier alpha value is -0.180. The summed E-state index contributed by atoms with van der Waals surface area (Å²) in [6.07, 6.45) is 0.864. The van der Waals surface area contributed by atoms with Crippen molar-refractivity contribution in [2.45, 2.75) is 12.5 Å². The second kappa shape index (κ2) is 3.16. The molecular weight excluding hydrogens is 230 g/mol. The summed E-state index contributed by atoms with van der Waals surface area (Å²) in [5.74, 6) is 0. The van der Waals surface area contributed by atoms with E-state index in [9.17, 15) is 21.9 Å². The van der Waals surface area contributed by atoms with E-state index in [-0.39, 0.29) is 13.1 Å². The molecule has 0 bridgehead atoms. The molecule has 0 aromatic heterocycles. The molecule has 1 saturated heterocycles. The van der Waals surface area contributed by atoms with Crippen LogP contribution < -0.4 is 0 Å². The van der Waals surface area contributed by atoms with E-state index >= 15 is 0 Å². The summed E-state index contributed by atoms with van der Waals surface area (Å²) < 4.78 is 45.2. The summed E-state index contributed by atoms with van der Waals surface area (Å²) in [4.78, 5) is 0. The largest absolute Gasteiger partial charge is 0.387 e. The SMILES string of the molecule is CC1(O)CN(S(=O)(=O)CS(C)(=O)=O)C1. The summed E-state index contributed by atoms with van der Waals surface area (Å²) in [6.45, 7) is 1.43. The lowest BCUT2D eigenvalue weighted by molar-refractivity contribution is -0.0424. The van der Waals surface area contributed by atoms with Gasteiger partial charge in [-0.1, -0.05) is 0 Å². The van der Waals surface area contributed by atoms with Crippen LogP contribution in [0.3, 0.4) is 0 Å².